The van der Waals surface area contributed by atoms with Gasteiger partial charge in [-0.05, 0) is 43.3 Å². The molecule has 0 aliphatic heterocycles. The third-order valence-corrected chi connectivity index (χ3v) is 4.93. The summed E-state index contributed by atoms with van der Waals surface area (Å²) in [6, 6.07) is 11.2. The zero-order chi connectivity index (χ0) is 20.7. The highest BCUT2D eigenvalue weighted by Gasteiger charge is 2.27. The van der Waals surface area contributed by atoms with Gasteiger partial charge in [-0.25, -0.2) is 0 Å². The van der Waals surface area contributed by atoms with E-state index in [1.807, 2.05) is 0 Å². The van der Waals surface area contributed by atoms with Crippen LogP contribution in [-0.4, -0.2) is 43.5 Å². The molecule has 0 aliphatic carbocycles. The van der Waals surface area contributed by atoms with Gasteiger partial charge in [-0.3, -0.25) is 9.59 Å². The second kappa shape index (κ2) is 10.2. The number of methoxy groups -OCH3 is 1. The number of halogens is 2. The van der Waals surface area contributed by atoms with E-state index in [2.05, 4.69) is 5.32 Å². The second-order valence-electron chi connectivity index (χ2n) is 5.98. The average molecular weight is 425 g/mol. The summed E-state index contributed by atoms with van der Waals surface area (Å²) in [7, 11) is 3.08. The van der Waals surface area contributed by atoms with E-state index in [4.69, 9.17) is 32.7 Å². The predicted molar refractivity (Wildman–Crippen MR) is 109 cm³/mol. The largest absolute Gasteiger partial charge is 0.497 e. The van der Waals surface area contributed by atoms with Gasteiger partial charge in [0, 0.05) is 29.2 Å². The molecule has 0 unspecified atom stereocenters. The van der Waals surface area contributed by atoms with Crippen molar-refractivity contribution in [2.24, 2.45) is 0 Å². The first kappa shape index (κ1) is 21.9. The SMILES string of the molecule is CNC(=O)[C@H](C)N(Cc1c(Cl)cccc1Cl)C(=O)COc1ccc(OC)cc1. The van der Waals surface area contributed by atoms with Gasteiger partial charge in [0.25, 0.3) is 5.91 Å². The van der Waals surface area contributed by atoms with Gasteiger partial charge in [0.1, 0.15) is 17.5 Å². The number of carbonyl (C=O) groups is 2. The Labute approximate surface area is 174 Å². The summed E-state index contributed by atoms with van der Waals surface area (Å²) in [6.45, 7) is 1.47. The van der Waals surface area contributed by atoms with E-state index >= 15 is 0 Å². The summed E-state index contributed by atoms with van der Waals surface area (Å²) in [5, 5.41) is 3.39. The van der Waals surface area contributed by atoms with Crippen molar-refractivity contribution in [3.05, 3.63) is 58.1 Å². The summed E-state index contributed by atoms with van der Waals surface area (Å²) in [6.07, 6.45) is 0. The molecule has 0 saturated carbocycles. The van der Waals surface area contributed by atoms with Gasteiger partial charge < -0.3 is 19.7 Å². The Kier molecular flexibility index (Phi) is 7.96. The maximum atomic E-state index is 12.8. The molecule has 8 heteroatoms. The predicted octanol–water partition coefficient (Wildman–Crippen LogP) is 3.54. The molecule has 150 valence electrons. The Hall–Kier alpha value is -2.44. The van der Waals surface area contributed by atoms with Crippen LogP contribution in [-0.2, 0) is 16.1 Å². The minimum Gasteiger partial charge on any atom is -0.497 e. The first-order valence-corrected chi connectivity index (χ1v) is 9.33. The number of hydrogen-bond acceptors (Lipinski definition) is 4. The minimum atomic E-state index is -0.732. The molecular weight excluding hydrogens is 403 g/mol. The molecule has 2 aromatic rings. The normalized spacial score (nSPS) is 11.5. The molecule has 0 spiro atoms. The van der Waals surface area contributed by atoms with Crippen molar-refractivity contribution in [1.29, 1.82) is 0 Å². The Bertz CT molecular complexity index is 807. The van der Waals surface area contributed by atoms with Crippen molar-refractivity contribution in [2.75, 3.05) is 20.8 Å². The van der Waals surface area contributed by atoms with E-state index in [9.17, 15) is 9.59 Å². The quantitative estimate of drug-likeness (QED) is 0.703. The van der Waals surface area contributed by atoms with Crippen LogP contribution in [0.15, 0.2) is 42.5 Å². The number of rotatable bonds is 8. The maximum absolute atomic E-state index is 12.8. The van der Waals surface area contributed by atoms with Crippen molar-refractivity contribution in [3.63, 3.8) is 0 Å². The third kappa shape index (κ3) is 5.53. The molecule has 0 radical (unpaired) electrons. The van der Waals surface area contributed by atoms with Gasteiger partial charge in [0.2, 0.25) is 5.91 Å². The van der Waals surface area contributed by atoms with Crippen molar-refractivity contribution >= 4 is 35.0 Å². The molecule has 0 heterocycles. The number of benzene rings is 2. The van der Waals surface area contributed by atoms with E-state index in [-0.39, 0.29) is 25.0 Å². The van der Waals surface area contributed by atoms with Crippen molar-refractivity contribution in [2.45, 2.75) is 19.5 Å². The summed E-state index contributed by atoms with van der Waals surface area (Å²) < 4.78 is 10.7. The van der Waals surface area contributed by atoms with Crippen LogP contribution in [0.5, 0.6) is 11.5 Å². The molecule has 1 atom stereocenters. The molecule has 2 aromatic carbocycles. The van der Waals surface area contributed by atoms with Crippen LogP contribution in [0.4, 0.5) is 0 Å². The highest BCUT2D eigenvalue weighted by molar-refractivity contribution is 6.36. The lowest BCUT2D eigenvalue weighted by molar-refractivity contribution is -0.142. The number of nitrogens with one attached hydrogen (secondary N) is 1. The Morgan fingerprint density at radius 2 is 1.64 bits per heavy atom. The Morgan fingerprint density at radius 1 is 1.07 bits per heavy atom. The minimum absolute atomic E-state index is 0.0812. The van der Waals surface area contributed by atoms with Gasteiger partial charge in [-0.1, -0.05) is 29.3 Å². The number of nitrogens with zero attached hydrogens (tertiary/aromatic N) is 1. The highest BCUT2D eigenvalue weighted by atomic mass is 35.5. The van der Waals surface area contributed by atoms with Crippen molar-refractivity contribution < 1.29 is 19.1 Å². The Morgan fingerprint density at radius 3 is 2.18 bits per heavy atom. The number of likely N-dealkylation sites (N-methyl/N-ethyl adjacent to an activating group) is 1. The second-order valence-corrected chi connectivity index (χ2v) is 6.79. The summed E-state index contributed by atoms with van der Waals surface area (Å²) in [5.74, 6) is 0.517. The summed E-state index contributed by atoms with van der Waals surface area (Å²) in [5.41, 5.74) is 0.569. The van der Waals surface area contributed by atoms with E-state index in [0.29, 0.717) is 27.1 Å². The monoisotopic (exact) mass is 424 g/mol. The lowest BCUT2D eigenvalue weighted by Crippen LogP contribution is -2.48. The van der Waals surface area contributed by atoms with Crippen LogP contribution >= 0.6 is 23.2 Å². The number of amides is 2. The molecule has 0 bridgehead atoms. The molecule has 0 fully saturated rings. The van der Waals surface area contributed by atoms with Gasteiger partial charge in [-0.2, -0.15) is 0 Å². The molecule has 28 heavy (non-hydrogen) atoms. The van der Waals surface area contributed by atoms with Gasteiger partial charge in [0.05, 0.1) is 7.11 Å². The first-order chi connectivity index (χ1) is 13.4. The molecule has 2 rings (SSSR count). The highest BCUT2D eigenvalue weighted by Crippen LogP contribution is 2.26. The molecule has 0 aliphatic rings. The van der Waals surface area contributed by atoms with Crippen LogP contribution in [0.1, 0.15) is 12.5 Å². The van der Waals surface area contributed by atoms with E-state index in [0.717, 1.165) is 0 Å². The topological polar surface area (TPSA) is 67.9 Å². The Balaban J connectivity index is 2.17. The van der Waals surface area contributed by atoms with Gasteiger partial charge >= 0.3 is 0 Å². The molecular formula is C20H22Cl2N2O4. The van der Waals surface area contributed by atoms with E-state index < -0.39 is 6.04 Å². The number of hydrogen-bond donors (Lipinski definition) is 1. The number of carbonyl (C=O) groups excluding carboxylic acids is 2. The summed E-state index contributed by atoms with van der Waals surface area (Å²) in [4.78, 5) is 26.4. The molecule has 6 nitrogen and oxygen atoms in total. The molecule has 1 N–H and O–H groups in total. The van der Waals surface area contributed by atoms with Crippen molar-refractivity contribution in [3.8, 4) is 11.5 Å². The van der Waals surface area contributed by atoms with Gasteiger partial charge in [0.15, 0.2) is 6.61 Å². The van der Waals surface area contributed by atoms with Gasteiger partial charge in [-0.15, -0.1) is 0 Å². The van der Waals surface area contributed by atoms with Crippen LogP contribution < -0.4 is 14.8 Å². The number of ether oxygens (including phenoxy) is 2. The smallest absolute Gasteiger partial charge is 0.261 e. The lowest BCUT2D eigenvalue weighted by Gasteiger charge is -2.29. The fourth-order valence-electron chi connectivity index (χ4n) is 2.55. The summed E-state index contributed by atoms with van der Waals surface area (Å²) >= 11 is 12.5. The fourth-order valence-corrected chi connectivity index (χ4v) is 3.06. The fraction of sp³-hybridized carbons (Fsp3) is 0.300. The van der Waals surface area contributed by atoms with Crippen molar-refractivity contribution in [1.82, 2.24) is 10.2 Å². The van der Waals surface area contributed by atoms with Crippen LogP contribution in [0.25, 0.3) is 0 Å². The lowest BCUT2D eigenvalue weighted by atomic mass is 10.1. The van der Waals surface area contributed by atoms with E-state index in [1.54, 1.807) is 56.5 Å². The molecule has 0 aromatic heterocycles. The molecule has 0 saturated heterocycles. The average Bonchev–Trinajstić information content (AvgIpc) is 2.71. The van der Waals surface area contributed by atoms with Crippen LogP contribution in [0, 0.1) is 0 Å². The maximum Gasteiger partial charge on any atom is 0.261 e. The third-order valence-electron chi connectivity index (χ3n) is 4.23. The zero-order valence-corrected chi connectivity index (χ0v) is 17.4. The first-order valence-electron chi connectivity index (χ1n) is 8.58. The van der Waals surface area contributed by atoms with E-state index in [1.165, 1.54) is 11.9 Å². The van der Waals surface area contributed by atoms with Crippen LogP contribution in [0.2, 0.25) is 10.0 Å². The zero-order valence-electron chi connectivity index (χ0n) is 15.9. The molecule has 2 amide bonds. The standard InChI is InChI=1S/C20H22Cl2N2O4/c1-13(20(26)23-2)24(11-16-17(21)5-4-6-18(16)22)19(25)12-28-15-9-7-14(27-3)8-10-15/h4-10,13H,11-12H2,1-3H3,(H,23,26)/t13-/m0/s1. The van der Waals surface area contributed by atoms with Crippen LogP contribution in [0.3, 0.4) is 0 Å².